The fraction of sp³-hybridized carbons (Fsp3) is 0.167. The quantitative estimate of drug-likeness (QED) is 0.742. The third-order valence-electron chi connectivity index (χ3n) is 1.09. The number of nitrogens with zero attached hydrogens (tertiary/aromatic N) is 2. The van der Waals surface area contributed by atoms with Gasteiger partial charge in [-0.3, -0.25) is 0 Å². The van der Waals surface area contributed by atoms with Crippen LogP contribution < -0.4 is 11.1 Å². The van der Waals surface area contributed by atoms with Crippen molar-refractivity contribution in [3.05, 3.63) is 24.3 Å². The van der Waals surface area contributed by atoms with Crippen molar-refractivity contribution in [2.75, 3.05) is 0 Å². The highest BCUT2D eigenvalue weighted by Gasteiger charge is 1.91. The van der Waals surface area contributed by atoms with E-state index in [2.05, 4.69) is 27.5 Å². The van der Waals surface area contributed by atoms with Gasteiger partial charge in [0.15, 0.2) is 5.11 Å². The summed E-state index contributed by atoms with van der Waals surface area (Å²) in [5.74, 6) is 0. The molecule has 0 fully saturated rings. The van der Waals surface area contributed by atoms with Gasteiger partial charge in [0.25, 0.3) is 0 Å². The van der Waals surface area contributed by atoms with Gasteiger partial charge < -0.3 is 11.1 Å². The molecule has 0 unspecified atom stereocenters. The van der Waals surface area contributed by atoms with Crippen molar-refractivity contribution in [1.82, 2.24) is 15.3 Å². The molecule has 12 heavy (non-hydrogen) atoms. The van der Waals surface area contributed by atoms with Crippen LogP contribution in [0.2, 0.25) is 0 Å². The van der Waals surface area contributed by atoms with Crippen molar-refractivity contribution in [2.45, 2.75) is 6.54 Å². The van der Waals surface area contributed by atoms with E-state index in [0.717, 1.165) is 5.69 Å². The van der Waals surface area contributed by atoms with E-state index in [1.807, 2.05) is 0 Å². The SMILES string of the molecule is Br.NC(=S)NCc1ccncn1. The third kappa shape index (κ3) is 4.20. The van der Waals surface area contributed by atoms with Gasteiger partial charge >= 0.3 is 0 Å². The molecule has 1 aromatic rings. The topological polar surface area (TPSA) is 63.8 Å². The van der Waals surface area contributed by atoms with E-state index in [9.17, 15) is 0 Å². The molecule has 0 aliphatic rings. The second-order valence-corrected chi connectivity index (χ2v) is 2.36. The van der Waals surface area contributed by atoms with Gasteiger partial charge in [-0.2, -0.15) is 0 Å². The zero-order valence-corrected chi connectivity index (χ0v) is 8.76. The fourth-order valence-corrected chi connectivity index (χ4v) is 0.672. The summed E-state index contributed by atoms with van der Waals surface area (Å²) in [5.41, 5.74) is 6.09. The van der Waals surface area contributed by atoms with Gasteiger partial charge in [0.1, 0.15) is 6.33 Å². The molecule has 0 radical (unpaired) electrons. The molecular formula is C6H9BrN4S. The number of hydrogen-bond donors (Lipinski definition) is 2. The lowest BCUT2D eigenvalue weighted by atomic mass is 10.4. The van der Waals surface area contributed by atoms with Gasteiger partial charge in [-0.05, 0) is 18.3 Å². The largest absolute Gasteiger partial charge is 0.376 e. The molecule has 4 nitrogen and oxygen atoms in total. The van der Waals surface area contributed by atoms with Crippen LogP contribution in [0, 0.1) is 0 Å². The molecule has 0 amide bonds. The molecule has 1 rings (SSSR count). The van der Waals surface area contributed by atoms with Gasteiger partial charge in [0.05, 0.1) is 12.2 Å². The molecule has 0 aliphatic carbocycles. The van der Waals surface area contributed by atoms with Crippen LogP contribution in [-0.4, -0.2) is 15.1 Å². The van der Waals surface area contributed by atoms with E-state index >= 15 is 0 Å². The molecule has 0 saturated carbocycles. The lowest BCUT2D eigenvalue weighted by Gasteiger charge is -2.00. The van der Waals surface area contributed by atoms with Gasteiger partial charge in [-0.25, -0.2) is 9.97 Å². The highest BCUT2D eigenvalue weighted by molar-refractivity contribution is 8.93. The van der Waals surface area contributed by atoms with Crippen molar-refractivity contribution in [3.63, 3.8) is 0 Å². The van der Waals surface area contributed by atoms with Gasteiger partial charge in [-0.1, -0.05) is 0 Å². The smallest absolute Gasteiger partial charge is 0.163 e. The molecule has 0 bridgehead atoms. The summed E-state index contributed by atoms with van der Waals surface area (Å²) in [6, 6.07) is 1.80. The van der Waals surface area contributed by atoms with Crippen LogP contribution in [0.5, 0.6) is 0 Å². The Morgan fingerprint density at radius 1 is 1.67 bits per heavy atom. The Bertz CT molecular complexity index is 241. The normalized spacial score (nSPS) is 8.33. The lowest BCUT2D eigenvalue weighted by Crippen LogP contribution is -2.28. The average Bonchev–Trinajstić information content (AvgIpc) is 2.03. The van der Waals surface area contributed by atoms with Crippen molar-refractivity contribution in [1.29, 1.82) is 0 Å². The first-order chi connectivity index (χ1) is 5.29. The Morgan fingerprint density at radius 3 is 2.92 bits per heavy atom. The van der Waals surface area contributed by atoms with Crippen molar-refractivity contribution < 1.29 is 0 Å². The van der Waals surface area contributed by atoms with Gasteiger partial charge in [0, 0.05) is 6.20 Å². The number of hydrogen-bond acceptors (Lipinski definition) is 3. The van der Waals surface area contributed by atoms with Crippen LogP contribution in [0.15, 0.2) is 18.6 Å². The first-order valence-corrected chi connectivity index (χ1v) is 3.48. The third-order valence-corrected chi connectivity index (χ3v) is 1.23. The maximum absolute atomic E-state index is 5.22. The van der Waals surface area contributed by atoms with E-state index in [4.69, 9.17) is 5.73 Å². The predicted octanol–water partition coefficient (Wildman–Crippen LogP) is 0.388. The Balaban J connectivity index is 0.00000121. The van der Waals surface area contributed by atoms with Crippen LogP contribution in [0.1, 0.15) is 5.69 Å². The summed E-state index contributed by atoms with van der Waals surface area (Å²) >= 11 is 4.62. The zero-order chi connectivity index (χ0) is 8.10. The molecule has 6 heteroatoms. The number of halogens is 1. The zero-order valence-electron chi connectivity index (χ0n) is 6.23. The summed E-state index contributed by atoms with van der Waals surface area (Å²) in [6.45, 7) is 0.553. The van der Waals surface area contributed by atoms with Crippen molar-refractivity contribution >= 4 is 34.3 Å². The van der Waals surface area contributed by atoms with E-state index in [0.29, 0.717) is 6.54 Å². The van der Waals surface area contributed by atoms with Crippen LogP contribution in [0.4, 0.5) is 0 Å². The second kappa shape index (κ2) is 5.84. The van der Waals surface area contributed by atoms with E-state index < -0.39 is 0 Å². The maximum atomic E-state index is 5.22. The minimum Gasteiger partial charge on any atom is -0.376 e. The molecule has 1 heterocycles. The Hall–Kier alpha value is -0.750. The summed E-state index contributed by atoms with van der Waals surface area (Å²) in [7, 11) is 0. The minimum absolute atomic E-state index is 0. The summed E-state index contributed by atoms with van der Waals surface area (Å²) in [5, 5.41) is 3.06. The Kier molecular flexibility index (Phi) is 5.48. The number of rotatable bonds is 2. The molecule has 1 aromatic heterocycles. The van der Waals surface area contributed by atoms with E-state index in [1.54, 1.807) is 12.3 Å². The molecule has 3 N–H and O–H groups in total. The van der Waals surface area contributed by atoms with E-state index in [-0.39, 0.29) is 22.1 Å². The lowest BCUT2D eigenvalue weighted by molar-refractivity contribution is 0.867. The Morgan fingerprint density at radius 2 is 2.42 bits per heavy atom. The molecule has 66 valence electrons. The summed E-state index contributed by atoms with van der Waals surface area (Å²) < 4.78 is 0. The molecule has 0 atom stereocenters. The molecule has 0 aliphatic heterocycles. The maximum Gasteiger partial charge on any atom is 0.163 e. The number of nitrogens with two attached hydrogens (primary N) is 1. The van der Waals surface area contributed by atoms with Gasteiger partial charge in [-0.15, -0.1) is 17.0 Å². The van der Waals surface area contributed by atoms with E-state index in [1.165, 1.54) is 6.33 Å². The fourth-order valence-electron chi connectivity index (χ4n) is 0.600. The minimum atomic E-state index is 0. The second-order valence-electron chi connectivity index (χ2n) is 1.92. The number of aromatic nitrogens is 2. The van der Waals surface area contributed by atoms with Crippen LogP contribution >= 0.6 is 29.2 Å². The number of nitrogens with one attached hydrogen (secondary N) is 1. The summed E-state index contributed by atoms with van der Waals surface area (Å²) in [4.78, 5) is 7.73. The molecule has 0 saturated heterocycles. The summed E-state index contributed by atoms with van der Waals surface area (Å²) in [6.07, 6.45) is 3.15. The standard InChI is InChI=1S/C6H8N4S.BrH/c7-6(11)9-3-5-1-2-8-4-10-5;/h1-2,4H,3H2,(H3,7,9,11);1H. The molecular weight excluding hydrogens is 240 g/mol. The molecule has 0 aromatic carbocycles. The van der Waals surface area contributed by atoms with Crippen molar-refractivity contribution in [2.24, 2.45) is 5.73 Å². The highest BCUT2D eigenvalue weighted by Crippen LogP contribution is 1.88. The Labute approximate surface area is 86.4 Å². The average molecular weight is 249 g/mol. The van der Waals surface area contributed by atoms with Crippen LogP contribution in [-0.2, 0) is 6.54 Å². The predicted molar refractivity (Wildman–Crippen MR) is 56.0 cm³/mol. The monoisotopic (exact) mass is 248 g/mol. The van der Waals surface area contributed by atoms with Crippen LogP contribution in [0.3, 0.4) is 0 Å². The van der Waals surface area contributed by atoms with Gasteiger partial charge in [0.2, 0.25) is 0 Å². The van der Waals surface area contributed by atoms with Crippen LogP contribution in [0.25, 0.3) is 0 Å². The highest BCUT2D eigenvalue weighted by atomic mass is 79.9. The molecule has 0 spiro atoms. The van der Waals surface area contributed by atoms with Crippen molar-refractivity contribution in [3.8, 4) is 0 Å². The first-order valence-electron chi connectivity index (χ1n) is 3.07. The first kappa shape index (κ1) is 11.2. The number of thiocarbonyl (C=S) groups is 1.